The molecule has 0 aliphatic carbocycles. The number of ether oxygens (including phenoxy) is 1. The van der Waals surface area contributed by atoms with Gasteiger partial charge in [0, 0.05) is 23.6 Å². The van der Waals surface area contributed by atoms with Crippen LogP contribution >= 0.6 is 0 Å². The first-order chi connectivity index (χ1) is 7.81. The van der Waals surface area contributed by atoms with E-state index < -0.39 is 10.8 Å². The molecule has 0 fully saturated rings. The van der Waals surface area contributed by atoms with Gasteiger partial charge in [0.2, 0.25) is 0 Å². The number of hydrogen-bond acceptors (Lipinski definition) is 4. The van der Waals surface area contributed by atoms with Crippen LogP contribution in [0.25, 0.3) is 10.9 Å². The minimum absolute atomic E-state index is 0.494. The molecule has 84 valence electrons. The van der Waals surface area contributed by atoms with Crippen LogP contribution in [0.5, 0.6) is 0 Å². The minimum Gasteiger partial charge on any atom is -0.384 e. The molecule has 0 radical (unpaired) electrons. The Balaban J connectivity index is 2.28. The van der Waals surface area contributed by atoms with Crippen LogP contribution in [0.1, 0.15) is 0 Å². The summed E-state index contributed by atoms with van der Waals surface area (Å²) in [6, 6.07) is 5.57. The molecule has 2 rings (SSSR count). The molecule has 0 bridgehead atoms. The number of rotatable bonds is 4. The Labute approximate surface area is 96.1 Å². The topological polar surface area (TPSA) is 52.1 Å². The largest absolute Gasteiger partial charge is 0.384 e. The summed E-state index contributed by atoms with van der Waals surface area (Å²) < 4.78 is 16.7. The molecule has 0 saturated heterocycles. The molecule has 1 aromatic carbocycles. The Kier molecular flexibility index (Phi) is 3.58. The van der Waals surface area contributed by atoms with Crippen molar-refractivity contribution in [2.75, 3.05) is 19.5 Å². The zero-order valence-corrected chi connectivity index (χ0v) is 9.74. The Morgan fingerprint density at radius 2 is 2.31 bits per heavy atom. The summed E-state index contributed by atoms with van der Waals surface area (Å²) in [7, 11) is 0.577. The second kappa shape index (κ2) is 5.14. The van der Waals surface area contributed by atoms with E-state index in [0.29, 0.717) is 12.4 Å². The summed E-state index contributed by atoms with van der Waals surface area (Å²) in [5.74, 6) is 0.507. The third kappa shape index (κ3) is 2.43. The summed E-state index contributed by atoms with van der Waals surface area (Å²) in [6.45, 7) is 0.494. The predicted octanol–water partition coefficient (Wildman–Crippen LogP) is 1.38. The molecule has 4 nitrogen and oxygen atoms in total. The van der Waals surface area contributed by atoms with Crippen LogP contribution in [-0.2, 0) is 15.5 Å². The van der Waals surface area contributed by atoms with E-state index >= 15 is 0 Å². The Morgan fingerprint density at radius 3 is 3.12 bits per heavy atom. The lowest BCUT2D eigenvalue weighted by Gasteiger charge is -2.02. The second-order valence-electron chi connectivity index (χ2n) is 3.29. The van der Waals surface area contributed by atoms with Crippen LogP contribution in [0, 0.1) is 0 Å². The third-order valence-corrected chi connectivity index (χ3v) is 3.53. The molecule has 0 spiro atoms. The van der Waals surface area contributed by atoms with Crippen molar-refractivity contribution < 1.29 is 8.95 Å². The smallest absolute Gasteiger partial charge is 0.116 e. The molecule has 0 aliphatic rings. The van der Waals surface area contributed by atoms with Crippen LogP contribution < -0.4 is 0 Å². The average molecular weight is 236 g/mol. The monoisotopic (exact) mass is 236 g/mol. The fraction of sp³-hybridized carbons (Fsp3) is 0.273. The van der Waals surface area contributed by atoms with Crippen molar-refractivity contribution in [1.82, 2.24) is 9.97 Å². The van der Waals surface area contributed by atoms with Crippen molar-refractivity contribution in [1.29, 1.82) is 0 Å². The number of benzene rings is 1. The van der Waals surface area contributed by atoms with E-state index in [0.717, 1.165) is 15.8 Å². The van der Waals surface area contributed by atoms with Crippen molar-refractivity contribution in [3.63, 3.8) is 0 Å². The van der Waals surface area contributed by atoms with Gasteiger partial charge in [-0.2, -0.15) is 0 Å². The predicted molar refractivity (Wildman–Crippen MR) is 62.7 cm³/mol. The highest BCUT2D eigenvalue weighted by atomic mass is 32.2. The molecule has 1 heterocycles. The van der Waals surface area contributed by atoms with E-state index in [1.807, 2.05) is 18.2 Å². The van der Waals surface area contributed by atoms with Gasteiger partial charge in [0.25, 0.3) is 0 Å². The van der Waals surface area contributed by atoms with Crippen molar-refractivity contribution in [2.45, 2.75) is 4.90 Å². The van der Waals surface area contributed by atoms with Gasteiger partial charge in [0.15, 0.2) is 0 Å². The van der Waals surface area contributed by atoms with Crippen LogP contribution in [0.4, 0.5) is 0 Å². The molecule has 1 atom stereocenters. The van der Waals surface area contributed by atoms with E-state index in [1.54, 1.807) is 13.3 Å². The lowest BCUT2D eigenvalue weighted by molar-refractivity contribution is 0.218. The molecular formula is C11H12N2O2S. The van der Waals surface area contributed by atoms with E-state index in [2.05, 4.69) is 9.97 Å². The van der Waals surface area contributed by atoms with Gasteiger partial charge in [-0.3, -0.25) is 4.21 Å². The van der Waals surface area contributed by atoms with E-state index in [4.69, 9.17) is 4.74 Å². The van der Waals surface area contributed by atoms with Crippen LogP contribution in [0.2, 0.25) is 0 Å². The summed E-state index contributed by atoms with van der Waals surface area (Å²) in [5, 5.41) is 0.954. The fourth-order valence-corrected chi connectivity index (χ4v) is 2.39. The summed E-state index contributed by atoms with van der Waals surface area (Å²) in [4.78, 5) is 8.84. The quantitative estimate of drug-likeness (QED) is 0.805. The van der Waals surface area contributed by atoms with Gasteiger partial charge in [-0.05, 0) is 12.1 Å². The first-order valence-electron chi connectivity index (χ1n) is 4.88. The van der Waals surface area contributed by atoms with Gasteiger partial charge >= 0.3 is 0 Å². The minimum atomic E-state index is -1.02. The van der Waals surface area contributed by atoms with Crippen molar-refractivity contribution in [3.8, 4) is 0 Å². The molecule has 0 saturated carbocycles. The molecule has 0 N–H and O–H groups in total. The number of nitrogens with zero attached hydrogens (tertiary/aromatic N) is 2. The highest BCUT2D eigenvalue weighted by Gasteiger charge is 2.04. The third-order valence-electron chi connectivity index (χ3n) is 2.21. The van der Waals surface area contributed by atoms with Gasteiger partial charge in [-0.25, -0.2) is 9.97 Å². The molecule has 0 amide bonds. The summed E-state index contributed by atoms with van der Waals surface area (Å²) in [5.41, 5.74) is 0.818. The van der Waals surface area contributed by atoms with Crippen LogP contribution in [0.15, 0.2) is 35.6 Å². The number of fused-ring (bicyclic) bond motifs is 1. The lowest BCUT2D eigenvalue weighted by Crippen LogP contribution is -2.04. The number of aromatic nitrogens is 2. The van der Waals surface area contributed by atoms with E-state index in [9.17, 15) is 4.21 Å². The number of hydrogen-bond donors (Lipinski definition) is 0. The van der Waals surface area contributed by atoms with Gasteiger partial charge in [-0.15, -0.1) is 0 Å². The molecule has 5 heteroatoms. The first kappa shape index (κ1) is 11.2. The van der Waals surface area contributed by atoms with Crippen LogP contribution in [0.3, 0.4) is 0 Å². The lowest BCUT2D eigenvalue weighted by atomic mass is 10.2. The van der Waals surface area contributed by atoms with Gasteiger partial charge in [-0.1, -0.05) is 6.07 Å². The Bertz CT molecular complexity index is 516. The molecule has 16 heavy (non-hydrogen) atoms. The maximum absolute atomic E-state index is 11.8. The maximum atomic E-state index is 11.8. The summed E-state index contributed by atoms with van der Waals surface area (Å²) >= 11 is 0. The standard InChI is InChI=1S/C11H12N2O2S/c1-15-4-5-16(14)10-3-2-9-7-12-8-13-11(9)6-10/h2-3,6-8H,4-5H2,1H3. The molecular weight excluding hydrogens is 224 g/mol. The first-order valence-corrected chi connectivity index (χ1v) is 6.20. The Hall–Kier alpha value is -1.33. The van der Waals surface area contributed by atoms with Gasteiger partial charge in [0.1, 0.15) is 6.33 Å². The molecule has 2 aromatic rings. The zero-order valence-electron chi connectivity index (χ0n) is 8.92. The van der Waals surface area contributed by atoms with Crippen molar-refractivity contribution in [3.05, 3.63) is 30.7 Å². The Morgan fingerprint density at radius 1 is 1.44 bits per heavy atom. The highest BCUT2D eigenvalue weighted by Crippen LogP contribution is 2.15. The highest BCUT2D eigenvalue weighted by molar-refractivity contribution is 7.85. The normalized spacial score (nSPS) is 12.8. The average Bonchev–Trinajstić information content (AvgIpc) is 2.35. The SMILES string of the molecule is COCCS(=O)c1ccc2cncnc2c1. The van der Waals surface area contributed by atoms with Crippen molar-refractivity contribution >= 4 is 21.7 Å². The molecule has 0 aliphatic heterocycles. The van der Waals surface area contributed by atoms with Gasteiger partial charge < -0.3 is 4.74 Å². The fourth-order valence-electron chi connectivity index (χ4n) is 1.37. The maximum Gasteiger partial charge on any atom is 0.116 e. The second-order valence-corrected chi connectivity index (χ2v) is 4.86. The molecule has 1 unspecified atom stereocenters. The number of methoxy groups -OCH3 is 1. The molecule has 1 aromatic heterocycles. The van der Waals surface area contributed by atoms with Crippen LogP contribution in [-0.4, -0.2) is 33.6 Å². The van der Waals surface area contributed by atoms with E-state index in [1.165, 1.54) is 6.33 Å². The van der Waals surface area contributed by atoms with E-state index in [-0.39, 0.29) is 0 Å². The van der Waals surface area contributed by atoms with Gasteiger partial charge in [0.05, 0.1) is 28.7 Å². The summed E-state index contributed by atoms with van der Waals surface area (Å²) in [6.07, 6.45) is 3.23. The van der Waals surface area contributed by atoms with Crippen molar-refractivity contribution in [2.24, 2.45) is 0 Å². The zero-order chi connectivity index (χ0) is 11.4.